The van der Waals surface area contributed by atoms with Crippen LogP contribution in [0.5, 0.6) is 5.75 Å². The molecule has 0 radical (unpaired) electrons. The number of aryl methyl sites for hydroxylation is 2. The summed E-state index contributed by atoms with van der Waals surface area (Å²) in [5, 5.41) is 2.76. The van der Waals surface area contributed by atoms with E-state index in [0.717, 1.165) is 16.7 Å². The first-order chi connectivity index (χ1) is 12.8. The fraction of sp³-hybridized carbons (Fsp3) is 0.300. The normalized spacial score (nSPS) is 11.8. The maximum absolute atomic E-state index is 12.1. The first-order valence-electron chi connectivity index (χ1n) is 8.34. The smallest absolute Gasteiger partial charge is 0.387 e. The molecule has 2 aromatic rings. The molecule has 7 heteroatoms. The Morgan fingerprint density at radius 1 is 1.04 bits per heavy atom. The zero-order valence-corrected chi connectivity index (χ0v) is 15.3. The molecule has 1 N–H and O–H groups in total. The van der Waals surface area contributed by atoms with Gasteiger partial charge >= 0.3 is 12.6 Å². The molecule has 0 saturated heterocycles. The highest BCUT2D eigenvalue weighted by Crippen LogP contribution is 2.17. The number of alkyl halides is 2. The first-order valence-corrected chi connectivity index (χ1v) is 8.34. The van der Waals surface area contributed by atoms with Gasteiger partial charge in [0.25, 0.3) is 5.91 Å². The molecule has 0 unspecified atom stereocenters. The Morgan fingerprint density at radius 3 is 2.30 bits per heavy atom. The van der Waals surface area contributed by atoms with Crippen molar-refractivity contribution in [1.82, 2.24) is 5.32 Å². The van der Waals surface area contributed by atoms with Crippen molar-refractivity contribution in [3.63, 3.8) is 0 Å². The van der Waals surface area contributed by atoms with Crippen LogP contribution in [0, 0.1) is 13.8 Å². The molecule has 0 bridgehead atoms. The quantitative estimate of drug-likeness (QED) is 0.743. The van der Waals surface area contributed by atoms with Crippen LogP contribution < -0.4 is 10.1 Å². The second kappa shape index (κ2) is 9.12. The van der Waals surface area contributed by atoms with Crippen LogP contribution in [0.25, 0.3) is 0 Å². The van der Waals surface area contributed by atoms with Crippen LogP contribution in [0.4, 0.5) is 8.78 Å². The van der Waals surface area contributed by atoms with Gasteiger partial charge in [-0.3, -0.25) is 4.79 Å². The molecule has 0 fully saturated rings. The third-order valence-electron chi connectivity index (χ3n) is 4.06. The Balaban J connectivity index is 1.85. The molecule has 0 aliphatic rings. The number of rotatable bonds is 7. The third-order valence-corrected chi connectivity index (χ3v) is 4.06. The number of hydrogen-bond donors (Lipinski definition) is 1. The van der Waals surface area contributed by atoms with Gasteiger partial charge in [0.1, 0.15) is 5.75 Å². The Hall–Kier alpha value is -2.96. The predicted molar refractivity (Wildman–Crippen MR) is 95.8 cm³/mol. The average Bonchev–Trinajstić information content (AvgIpc) is 2.62. The highest BCUT2D eigenvalue weighted by Gasteiger charge is 2.14. The largest absolute Gasteiger partial charge is 0.452 e. The maximum atomic E-state index is 12.1. The van der Waals surface area contributed by atoms with E-state index >= 15 is 0 Å². The van der Waals surface area contributed by atoms with E-state index in [1.54, 1.807) is 0 Å². The molecule has 1 atom stereocenters. The molecule has 5 nitrogen and oxygen atoms in total. The van der Waals surface area contributed by atoms with Gasteiger partial charge in [-0.15, -0.1) is 0 Å². The van der Waals surface area contributed by atoms with Gasteiger partial charge in [-0.05, 0) is 61.7 Å². The van der Waals surface area contributed by atoms with Crippen molar-refractivity contribution in [3.8, 4) is 5.75 Å². The molecule has 2 aromatic carbocycles. The van der Waals surface area contributed by atoms with Crippen LogP contribution in [0.2, 0.25) is 0 Å². The topological polar surface area (TPSA) is 64.6 Å². The fourth-order valence-corrected chi connectivity index (χ4v) is 2.39. The summed E-state index contributed by atoms with van der Waals surface area (Å²) in [6, 6.07) is 10.7. The summed E-state index contributed by atoms with van der Waals surface area (Å²) in [5.41, 5.74) is 3.37. The van der Waals surface area contributed by atoms with Crippen molar-refractivity contribution in [2.75, 3.05) is 6.61 Å². The van der Waals surface area contributed by atoms with Crippen molar-refractivity contribution >= 4 is 11.9 Å². The number of hydrogen-bond acceptors (Lipinski definition) is 4. The number of carbonyl (C=O) groups excluding carboxylic acids is 2. The molecular formula is C20H21F2NO4. The maximum Gasteiger partial charge on any atom is 0.387 e. The molecule has 144 valence electrons. The van der Waals surface area contributed by atoms with E-state index in [1.807, 2.05) is 39.0 Å². The summed E-state index contributed by atoms with van der Waals surface area (Å²) < 4.78 is 33.3. The van der Waals surface area contributed by atoms with Crippen LogP contribution >= 0.6 is 0 Å². The summed E-state index contributed by atoms with van der Waals surface area (Å²) in [7, 11) is 0. The Kier molecular flexibility index (Phi) is 6.87. The first kappa shape index (κ1) is 20.4. The number of ether oxygens (including phenoxy) is 2. The molecule has 1 amide bonds. The lowest BCUT2D eigenvalue weighted by atomic mass is 10.0. The van der Waals surface area contributed by atoms with Crippen molar-refractivity contribution in [2.24, 2.45) is 0 Å². The Bertz CT molecular complexity index is 806. The van der Waals surface area contributed by atoms with E-state index in [-0.39, 0.29) is 17.4 Å². The monoisotopic (exact) mass is 377 g/mol. The van der Waals surface area contributed by atoms with Crippen molar-refractivity contribution in [1.29, 1.82) is 0 Å². The highest BCUT2D eigenvalue weighted by molar-refractivity contribution is 5.91. The minimum Gasteiger partial charge on any atom is -0.452 e. The molecule has 0 spiro atoms. The van der Waals surface area contributed by atoms with Gasteiger partial charge in [-0.2, -0.15) is 8.78 Å². The summed E-state index contributed by atoms with van der Waals surface area (Å²) >= 11 is 0. The number of nitrogens with one attached hydrogen (secondary N) is 1. The van der Waals surface area contributed by atoms with E-state index in [2.05, 4.69) is 10.1 Å². The lowest BCUT2D eigenvalue weighted by Gasteiger charge is -2.16. The number of halogens is 2. The Labute approximate surface area is 156 Å². The van der Waals surface area contributed by atoms with E-state index in [4.69, 9.17) is 4.74 Å². The number of esters is 1. The molecule has 0 aromatic heterocycles. The lowest BCUT2D eigenvalue weighted by Crippen LogP contribution is -2.31. The summed E-state index contributed by atoms with van der Waals surface area (Å²) in [6.07, 6.45) is 0. The predicted octanol–water partition coefficient (Wildman–Crippen LogP) is 3.94. The summed E-state index contributed by atoms with van der Waals surface area (Å²) in [5.74, 6) is -1.24. The zero-order valence-electron chi connectivity index (χ0n) is 15.3. The van der Waals surface area contributed by atoms with E-state index in [0.29, 0.717) is 0 Å². The van der Waals surface area contributed by atoms with E-state index < -0.39 is 25.1 Å². The molecule has 0 aliphatic carbocycles. The Morgan fingerprint density at radius 2 is 1.70 bits per heavy atom. The van der Waals surface area contributed by atoms with Gasteiger partial charge in [-0.1, -0.05) is 18.2 Å². The lowest BCUT2D eigenvalue weighted by molar-refractivity contribution is -0.124. The van der Waals surface area contributed by atoms with Crippen molar-refractivity contribution in [3.05, 3.63) is 64.7 Å². The van der Waals surface area contributed by atoms with Gasteiger partial charge < -0.3 is 14.8 Å². The molecule has 0 saturated carbocycles. The third kappa shape index (κ3) is 6.06. The minimum absolute atomic E-state index is 0.0680. The second-order valence-corrected chi connectivity index (χ2v) is 6.11. The molecular weight excluding hydrogens is 356 g/mol. The summed E-state index contributed by atoms with van der Waals surface area (Å²) in [4.78, 5) is 23.9. The SMILES string of the molecule is Cc1ccc([C@H](C)NC(=O)COC(=O)c2ccc(OC(F)F)cc2)cc1C. The second-order valence-electron chi connectivity index (χ2n) is 6.11. The van der Waals surface area contributed by atoms with Crippen molar-refractivity contribution in [2.45, 2.75) is 33.4 Å². The van der Waals surface area contributed by atoms with Gasteiger partial charge in [0.2, 0.25) is 0 Å². The standard InChI is InChI=1S/C20H21F2NO4/c1-12-4-5-16(10-13(12)2)14(3)23-18(24)11-26-19(25)15-6-8-17(9-7-15)27-20(21)22/h4-10,14,20H,11H2,1-3H3,(H,23,24)/t14-/m0/s1. The molecule has 2 rings (SSSR count). The van der Waals surface area contributed by atoms with Crippen LogP contribution in [0.15, 0.2) is 42.5 Å². The van der Waals surface area contributed by atoms with Crippen LogP contribution in [-0.4, -0.2) is 25.1 Å². The number of benzene rings is 2. The molecule has 0 heterocycles. The highest BCUT2D eigenvalue weighted by atomic mass is 19.3. The van der Waals surface area contributed by atoms with E-state index in [1.165, 1.54) is 24.3 Å². The van der Waals surface area contributed by atoms with Gasteiger partial charge in [0.15, 0.2) is 6.61 Å². The summed E-state index contributed by atoms with van der Waals surface area (Å²) in [6.45, 7) is 2.46. The van der Waals surface area contributed by atoms with Crippen LogP contribution in [-0.2, 0) is 9.53 Å². The van der Waals surface area contributed by atoms with Gasteiger partial charge in [-0.25, -0.2) is 4.79 Å². The van der Waals surface area contributed by atoms with Crippen LogP contribution in [0.3, 0.4) is 0 Å². The number of amides is 1. The molecule has 0 aliphatic heterocycles. The minimum atomic E-state index is -2.94. The van der Waals surface area contributed by atoms with Crippen molar-refractivity contribution < 1.29 is 27.8 Å². The fourth-order valence-electron chi connectivity index (χ4n) is 2.39. The van der Waals surface area contributed by atoms with E-state index in [9.17, 15) is 18.4 Å². The average molecular weight is 377 g/mol. The van der Waals surface area contributed by atoms with Gasteiger partial charge in [0.05, 0.1) is 11.6 Å². The van der Waals surface area contributed by atoms with Crippen LogP contribution in [0.1, 0.15) is 40.0 Å². The zero-order chi connectivity index (χ0) is 20.0. The number of carbonyl (C=O) groups is 2. The molecule has 27 heavy (non-hydrogen) atoms. The van der Waals surface area contributed by atoms with Gasteiger partial charge in [0, 0.05) is 0 Å².